The Labute approximate surface area is 174 Å². The number of hydrogen-bond donors (Lipinski definition) is 2. The molecule has 8 nitrogen and oxygen atoms in total. The molecular formula is C20H27N3O5S. The van der Waals surface area contributed by atoms with Gasteiger partial charge in [-0.15, -0.1) is 0 Å². The summed E-state index contributed by atoms with van der Waals surface area (Å²) in [5, 5.41) is 11.7. The van der Waals surface area contributed by atoms with E-state index < -0.39 is 17.7 Å². The number of alkyl carbamates (subject to hydrolysis) is 1. The van der Waals surface area contributed by atoms with Crippen molar-refractivity contribution in [1.82, 2.24) is 14.6 Å². The molecule has 2 aliphatic rings. The van der Waals surface area contributed by atoms with Crippen LogP contribution in [0.5, 0.6) is 5.88 Å². The van der Waals surface area contributed by atoms with Crippen LogP contribution in [-0.2, 0) is 9.53 Å². The molecule has 2 N–H and O–H groups in total. The van der Waals surface area contributed by atoms with Crippen molar-refractivity contribution in [2.75, 3.05) is 26.2 Å². The maximum atomic E-state index is 11.6. The predicted molar refractivity (Wildman–Crippen MR) is 109 cm³/mol. The third kappa shape index (κ3) is 6.11. The number of piperidine rings is 1. The van der Waals surface area contributed by atoms with E-state index >= 15 is 0 Å². The smallest absolute Gasteiger partial charge is 0.407 e. The number of nitrogens with one attached hydrogen (secondary N) is 1. The number of carbonyl (C=O) groups is 2. The van der Waals surface area contributed by atoms with Gasteiger partial charge in [0.1, 0.15) is 12.2 Å². The van der Waals surface area contributed by atoms with Crippen molar-refractivity contribution in [1.29, 1.82) is 0 Å². The number of rotatable bonds is 8. The first-order valence-electron chi connectivity index (χ1n) is 9.50. The predicted octanol–water partition coefficient (Wildman–Crippen LogP) is 2.81. The van der Waals surface area contributed by atoms with Crippen LogP contribution in [0.3, 0.4) is 0 Å². The van der Waals surface area contributed by atoms with Crippen molar-refractivity contribution in [3.05, 3.63) is 30.5 Å². The minimum absolute atomic E-state index is 0.154. The van der Waals surface area contributed by atoms with Gasteiger partial charge in [-0.1, -0.05) is 6.58 Å². The monoisotopic (exact) mass is 421 g/mol. The molecule has 1 aliphatic carbocycles. The van der Waals surface area contributed by atoms with Crippen molar-refractivity contribution in [2.45, 2.75) is 31.3 Å². The summed E-state index contributed by atoms with van der Waals surface area (Å²) in [5.74, 6) is 0.226. The summed E-state index contributed by atoms with van der Waals surface area (Å²) in [4.78, 5) is 27.9. The molecule has 158 valence electrons. The maximum absolute atomic E-state index is 11.6. The lowest BCUT2D eigenvalue weighted by Gasteiger charge is -2.20. The van der Waals surface area contributed by atoms with Crippen molar-refractivity contribution < 1.29 is 24.2 Å². The van der Waals surface area contributed by atoms with Crippen LogP contribution >= 0.6 is 11.9 Å². The molecule has 0 radical (unpaired) electrons. The van der Waals surface area contributed by atoms with Crippen molar-refractivity contribution in [2.24, 2.45) is 17.8 Å². The lowest BCUT2D eigenvalue weighted by Crippen LogP contribution is -2.34. The third-order valence-electron chi connectivity index (χ3n) is 4.70. The zero-order chi connectivity index (χ0) is 21.2. The highest BCUT2D eigenvalue weighted by atomic mass is 32.2. The SMILES string of the molecule is C=C(CNC(=O)OC(C)(C)C)COc1ccc(SN2C[C@@H]3C(C(=O)O)[C@@H]3C2)cn1. The number of fused-ring (bicyclic) bond motifs is 1. The summed E-state index contributed by atoms with van der Waals surface area (Å²) < 4.78 is 13.0. The van der Waals surface area contributed by atoms with Crippen LogP contribution in [-0.4, -0.2) is 58.3 Å². The van der Waals surface area contributed by atoms with Gasteiger partial charge in [0, 0.05) is 36.8 Å². The maximum Gasteiger partial charge on any atom is 0.407 e. The number of ether oxygens (including phenoxy) is 2. The molecule has 1 aromatic rings. The first-order chi connectivity index (χ1) is 13.6. The molecule has 1 saturated heterocycles. The van der Waals surface area contributed by atoms with E-state index in [0.29, 0.717) is 11.5 Å². The molecule has 0 aromatic carbocycles. The molecule has 0 bridgehead atoms. The average molecular weight is 422 g/mol. The second-order valence-corrected chi connectivity index (χ2v) is 9.53. The summed E-state index contributed by atoms with van der Waals surface area (Å²) in [5.41, 5.74) is 0.152. The standard InChI is InChI=1S/C20H27N3O5S/c1-12(7-22-19(26)28-20(2,3)4)11-27-16-6-5-13(8-21-16)29-23-9-14-15(10-23)17(14)18(24)25/h5-6,8,14-15,17H,1,7,9-11H2,2-4H3,(H,22,26)(H,24,25)/t14-,15+,17?. The van der Waals surface area contributed by atoms with E-state index in [1.165, 1.54) is 0 Å². The molecule has 3 atom stereocenters. The van der Waals surface area contributed by atoms with Gasteiger partial charge in [0.2, 0.25) is 5.88 Å². The second-order valence-electron chi connectivity index (χ2n) is 8.36. The summed E-state index contributed by atoms with van der Waals surface area (Å²) in [7, 11) is 0. The number of hydrogen-bond acceptors (Lipinski definition) is 7. The van der Waals surface area contributed by atoms with Crippen LogP contribution < -0.4 is 10.1 Å². The molecule has 2 fully saturated rings. The van der Waals surface area contributed by atoms with Gasteiger partial charge in [-0.3, -0.25) is 4.79 Å². The van der Waals surface area contributed by atoms with Crippen LogP contribution in [0.4, 0.5) is 4.79 Å². The Morgan fingerprint density at radius 2 is 2.03 bits per heavy atom. The molecule has 1 aliphatic heterocycles. The zero-order valence-corrected chi connectivity index (χ0v) is 17.7. The minimum atomic E-state index is -0.671. The highest BCUT2D eigenvalue weighted by Crippen LogP contribution is 2.53. The number of nitrogens with zero attached hydrogens (tertiary/aromatic N) is 2. The Hall–Kier alpha value is -2.26. The van der Waals surface area contributed by atoms with Gasteiger partial charge in [0.05, 0.1) is 5.92 Å². The number of amides is 1. The van der Waals surface area contributed by atoms with Gasteiger partial charge >= 0.3 is 12.1 Å². The van der Waals surface area contributed by atoms with Crippen LogP contribution in [0.1, 0.15) is 20.8 Å². The molecule has 29 heavy (non-hydrogen) atoms. The molecule has 1 aromatic heterocycles. The fourth-order valence-corrected chi connectivity index (χ4v) is 4.34. The second kappa shape index (κ2) is 8.62. The van der Waals surface area contributed by atoms with E-state index in [1.54, 1.807) is 45.0 Å². The van der Waals surface area contributed by atoms with E-state index in [0.717, 1.165) is 18.0 Å². The highest BCUT2D eigenvalue weighted by molar-refractivity contribution is 7.97. The third-order valence-corrected chi connectivity index (χ3v) is 5.70. The number of carboxylic acids is 1. The first kappa shape index (κ1) is 21.4. The summed E-state index contributed by atoms with van der Waals surface area (Å²) in [6, 6.07) is 3.71. The number of aromatic nitrogens is 1. The molecule has 1 amide bonds. The number of carboxylic acid groups (broad SMARTS) is 1. The van der Waals surface area contributed by atoms with E-state index in [4.69, 9.17) is 14.6 Å². The van der Waals surface area contributed by atoms with Crippen LogP contribution in [0.15, 0.2) is 35.4 Å². The number of carbonyl (C=O) groups excluding carboxylic acids is 1. The summed E-state index contributed by atoms with van der Waals surface area (Å²) in [6.07, 6.45) is 1.24. The summed E-state index contributed by atoms with van der Waals surface area (Å²) >= 11 is 1.59. The van der Waals surface area contributed by atoms with Crippen molar-refractivity contribution in [3.8, 4) is 5.88 Å². The largest absolute Gasteiger partial charge is 0.481 e. The Balaban J connectivity index is 1.35. The van der Waals surface area contributed by atoms with Gasteiger partial charge in [0.15, 0.2) is 0 Å². The lowest BCUT2D eigenvalue weighted by atomic mass is 10.2. The van der Waals surface area contributed by atoms with Gasteiger partial charge in [0.25, 0.3) is 0 Å². The molecule has 1 unspecified atom stereocenters. The van der Waals surface area contributed by atoms with E-state index in [2.05, 4.69) is 21.2 Å². The molecule has 3 rings (SSSR count). The molecule has 9 heteroatoms. The van der Waals surface area contributed by atoms with Gasteiger partial charge in [-0.05, 0) is 56.2 Å². The van der Waals surface area contributed by atoms with E-state index in [9.17, 15) is 9.59 Å². The highest BCUT2D eigenvalue weighted by Gasteiger charge is 2.59. The fourth-order valence-electron chi connectivity index (χ4n) is 3.32. The van der Waals surface area contributed by atoms with Crippen molar-refractivity contribution >= 4 is 24.0 Å². The Kier molecular flexibility index (Phi) is 6.38. The Morgan fingerprint density at radius 1 is 1.34 bits per heavy atom. The Bertz CT molecular complexity index is 765. The first-order valence-corrected chi connectivity index (χ1v) is 10.3. The minimum Gasteiger partial charge on any atom is -0.481 e. The fraction of sp³-hybridized carbons (Fsp3) is 0.550. The van der Waals surface area contributed by atoms with Crippen molar-refractivity contribution in [3.63, 3.8) is 0 Å². The quantitative estimate of drug-likeness (QED) is 0.488. The molecule has 2 heterocycles. The van der Waals surface area contributed by atoms with Gasteiger partial charge < -0.3 is 19.9 Å². The van der Waals surface area contributed by atoms with E-state index in [-0.39, 0.29) is 30.9 Å². The number of pyridine rings is 1. The molecule has 0 spiro atoms. The van der Waals surface area contributed by atoms with Crippen LogP contribution in [0.2, 0.25) is 0 Å². The Morgan fingerprint density at radius 3 is 2.59 bits per heavy atom. The topological polar surface area (TPSA) is 101 Å². The lowest BCUT2D eigenvalue weighted by molar-refractivity contribution is -0.139. The van der Waals surface area contributed by atoms with Crippen LogP contribution in [0, 0.1) is 17.8 Å². The molecular weight excluding hydrogens is 394 g/mol. The van der Waals surface area contributed by atoms with E-state index in [1.807, 2.05) is 6.07 Å². The zero-order valence-electron chi connectivity index (χ0n) is 16.9. The van der Waals surface area contributed by atoms with Crippen LogP contribution in [0.25, 0.3) is 0 Å². The van der Waals surface area contributed by atoms with Gasteiger partial charge in [-0.2, -0.15) is 0 Å². The molecule has 1 saturated carbocycles. The average Bonchev–Trinajstić information content (AvgIpc) is 3.15. The number of aliphatic carboxylic acids is 1. The normalized spacial score (nSPS) is 23.2. The summed E-state index contributed by atoms with van der Waals surface area (Å²) in [6.45, 7) is 11.4. The van der Waals surface area contributed by atoms with Gasteiger partial charge in [-0.25, -0.2) is 14.1 Å².